The predicted octanol–water partition coefficient (Wildman–Crippen LogP) is 3.46. The van der Waals surface area contributed by atoms with Crippen molar-refractivity contribution in [1.29, 1.82) is 0 Å². The Balaban J connectivity index is 1.64. The van der Waals surface area contributed by atoms with Gasteiger partial charge in [-0.25, -0.2) is 9.48 Å². The Bertz CT molecular complexity index is 904. The van der Waals surface area contributed by atoms with E-state index in [9.17, 15) is 4.79 Å². The van der Waals surface area contributed by atoms with E-state index in [-0.39, 0.29) is 11.9 Å². The highest BCUT2D eigenvalue weighted by Crippen LogP contribution is 2.26. The van der Waals surface area contributed by atoms with Gasteiger partial charge in [0.05, 0.1) is 34.7 Å². The first-order valence-corrected chi connectivity index (χ1v) is 9.00. The van der Waals surface area contributed by atoms with Gasteiger partial charge in [-0.1, -0.05) is 32.0 Å². The van der Waals surface area contributed by atoms with Crippen LogP contribution in [0.2, 0.25) is 0 Å². The Kier molecular flexibility index (Phi) is 5.80. The van der Waals surface area contributed by atoms with Crippen molar-refractivity contribution >= 4 is 11.7 Å². The standard InChI is InChI=1S/C20H24N6O/c1-14(2)19-18(13-23-26(19)17-7-5-4-6-8-17)25-20(27)22-10-9-16-12-21-11-15(3)24-16/h4-8,11-14H,9-10H2,1-3H3,(H2,22,25,27). The summed E-state index contributed by atoms with van der Waals surface area (Å²) >= 11 is 0. The molecule has 0 radical (unpaired) electrons. The number of carbonyl (C=O) groups is 1. The molecule has 3 aromatic rings. The number of hydrogen-bond acceptors (Lipinski definition) is 4. The molecule has 1 aromatic carbocycles. The van der Waals surface area contributed by atoms with Crippen LogP contribution in [-0.2, 0) is 6.42 Å². The van der Waals surface area contributed by atoms with Crippen molar-refractivity contribution in [3.8, 4) is 5.69 Å². The van der Waals surface area contributed by atoms with E-state index in [1.54, 1.807) is 18.6 Å². The third kappa shape index (κ3) is 4.69. The van der Waals surface area contributed by atoms with Gasteiger partial charge < -0.3 is 10.6 Å². The van der Waals surface area contributed by atoms with Gasteiger partial charge in [-0.2, -0.15) is 5.10 Å². The fourth-order valence-electron chi connectivity index (χ4n) is 2.89. The molecule has 0 spiro atoms. The summed E-state index contributed by atoms with van der Waals surface area (Å²) in [5.74, 6) is 0.200. The first kappa shape index (κ1) is 18.6. The summed E-state index contributed by atoms with van der Waals surface area (Å²) in [4.78, 5) is 20.8. The number of amides is 2. The first-order chi connectivity index (χ1) is 13.0. The monoisotopic (exact) mass is 364 g/mol. The maximum Gasteiger partial charge on any atom is 0.319 e. The number of rotatable bonds is 6. The van der Waals surface area contributed by atoms with Gasteiger partial charge >= 0.3 is 6.03 Å². The number of hydrogen-bond donors (Lipinski definition) is 2. The van der Waals surface area contributed by atoms with Crippen LogP contribution < -0.4 is 10.6 Å². The third-order valence-electron chi connectivity index (χ3n) is 4.07. The van der Waals surface area contributed by atoms with Gasteiger partial charge in [0.2, 0.25) is 0 Å². The average molecular weight is 364 g/mol. The van der Waals surface area contributed by atoms with Gasteiger partial charge in [0.25, 0.3) is 0 Å². The van der Waals surface area contributed by atoms with Crippen molar-refractivity contribution in [2.45, 2.75) is 33.1 Å². The Morgan fingerprint density at radius 2 is 1.93 bits per heavy atom. The van der Waals surface area contributed by atoms with E-state index >= 15 is 0 Å². The molecule has 0 atom stereocenters. The number of aromatic nitrogens is 4. The molecule has 0 aliphatic carbocycles. The fourth-order valence-corrected chi connectivity index (χ4v) is 2.89. The van der Waals surface area contributed by atoms with Gasteiger partial charge in [-0.15, -0.1) is 0 Å². The number of para-hydroxylation sites is 1. The first-order valence-electron chi connectivity index (χ1n) is 9.00. The minimum atomic E-state index is -0.259. The zero-order chi connectivity index (χ0) is 19.2. The summed E-state index contributed by atoms with van der Waals surface area (Å²) in [5.41, 5.74) is 4.36. The maximum atomic E-state index is 12.3. The third-order valence-corrected chi connectivity index (χ3v) is 4.07. The number of anilines is 1. The van der Waals surface area contributed by atoms with Crippen molar-refractivity contribution in [2.75, 3.05) is 11.9 Å². The smallest absolute Gasteiger partial charge is 0.319 e. The molecule has 2 N–H and O–H groups in total. The Hall–Kier alpha value is -3.22. The highest BCUT2D eigenvalue weighted by Gasteiger charge is 2.17. The fraction of sp³-hybridized carbons (Fsp3) is 0.300. The van der Waals surface area contributed by atoms with Gasteiger partial charge in [0.1, 0.15) is 0 Å². The van der Waals surface area contributed by atoms with Crippen LogP contribution in [0.4, 0.5) is 10.5 Å². The van der Waals surface area contributed by atoms with Crippen molar-refractivity contribution in [1.82, 2.24) is 25.1 Å². The zero-order valence-electron chi connectivity index (χ0n) is 15.8. The van der Waals surface area contributed by atoms with E-state index < -0.39 is 0 Å². The lowest BCUT2D eigenvalue weighted by atomic mass is 10.1. The molecule has 0 bridgehead atoms. The summed E-state index contributed by atoms with van der Waals surface area (Å²) in [7, 11) is 0. The normalized spacial score (nSPS) is 10.8. The molecule has 0 unspecified atom stereocenters. The van der Waals surface area contributed by atoms with Crippen molar-refractivity contribution in [2.24, 2.45) is 0 Å². The highest BCUT2D eigenvalue weighted by atomic mass is 16.2. The maximum absolute atomic E-state index is 12.3. The van der Waals surface area contributed by atoms with Crippen LogP contribution in [0.3, 0.4) is 0 Å². The van der Waals surface area contributed by atoms with E-state index in [0.717, 1.165) is 22.8 Å². The summed E-state index contributed by atoms with van der Waals surface area (Å²) in [5, 5.41) is 10.2. The highest BCUT2D eigenvalue weighted by molar-refractivity contribution is 5.89. The SMILES string of the molecule is Cc1cncc(CCNC(=O)Nc2cnn(-c3ccccc3)c2C(C)C)n1. The number of carbonyl (C=O) groups excluding carboxylic acids is 1. The lowest BCUT2D eigenvalue weighted by Crippen LogP contribution is -2.31. The van der Waals surface area contributed by atoms with E-state index in [0.29, 0.717) is 18.7 Å². The Labute approximate surface area is 158 Å². The summed E-state index contributed by atoms with van der Waals surface area (Å²) < 4.78 is 1.86. The minimum Gasteiger partial charge on any atom is -0.337 e. The molecule has 27 heavy (non-hydrogen) atoms. The van der Waals surface area contributed by atoms with Gasteiger partial charge in [-0.3, -0.25) is 9.97 Å². The lowest BCUT2D eigenvalue weighted by molar-refractivity contribution is 0.252. The molecule has 2 aromatic heterocycles. The molecular weight excluding hydrogens is 340 g/mol. The molecule has 0 fully saturated rings. The largest absolute Gasteiger partial charge is 0.337 e. The van der Waals surface area contributed by atoms with E-state index in [1.807, 2.05) is 41.9 Å². The van der Waals surface area contributed by atoms with Crippen LogP contribution in [0.5, 0.6) is 0 Å². The van der Waals surface area contributed by atoms with Gasteiger partial charge in [0, 0.05) is 25.4 Å². The number of nitrogens with zero attached hydrogens (tertiary/aromatic N) is 4. The average Bonchev–Trinajstić information content (AvgIpc) is 3.06. The van der Waals surface area contributed by atoms with Crippen LogP contribution in [0.15, 0.2) is 48.9 Å². The quantitative estimate of drug-likeness (QED) is 0.701. The summed E-state index contributed by atoms with van der Waals surface area (Å²) in [6.07, 6.45) is 5.74. The summed E-state index contributed by atoms with van der Waals surface area (Å²) in [6, 6.07) is 9.62. The van der Waals surface area contributed by atoms with Crippen LogP contribution in [0.1, 0.15) is 36.8 Å². The lowest BCUT2D eigenvalue weighted by Gasteiger charge is -2.13. The van der Waals surface area contributed by atoms with E-state index in [1.165, 1.54) is 0 Å². The van der Waals surface area contributed by atoms with E-state index in [4.69, 9.17) is 0 Å². The molecule has 2 amide bonds. The second kappa shape index (κ2) is 8.44. The van der Waals surface area contributed by atoms with Gasteiger partial charge in [-0.05, 0) is 25.0 Å². The van der Waals surface area contributed by atoms with Crippen LogP contribution in [0.25, 0.3) is 5.69 Å². The van der Waals surface area contributed by atoms with Crippen molar-refractivity contribution < 1.29 is 4.79 Å². The molecular formula is C20H24N6O. The Morgan fingerprint density at radius 3 is 2.63 bits per heavy atom. The minimum absolute atomic E-state index is 0.200. The Morgan fingerprint density at radius 1 is 1.15 bits per heavy atom. The number of urea groups is 1. The predicted molar refractivity (Wildman–Crippen MR) is 105 cm³/mol. The summed E-state index contributed by atoms with van der Waals surface area (Å²) in [6.45, 7) is 6.54. The number of benzene rings is 1. The molecule has 3 rings (SSSR count). The second-order valence-electron chi connectivity index (χ2n) is 6.63. The molecule has 140 valence electrons. The van der Waals surface area contributed by atoms with Crippen LogP contribution in [0, 0.1) is 6.92 Å². The topological polar surface area (TPSA) is 84.7 Å². The van der Waals surface area contributed by atoms with Crippen molar-refractivity contribution in [3.05, 3.63) is 66.0 Å². The molecule has 7 heteroatoms. The van der Waals surface area contributed by atoms with Crippen LogP contribution in [-0.4, -0.2) is 32.3 Å². The molecule has 7 nitrogen and oxygen atoms in total. The van der Waals surface area contributed by atoms with Gasteiger partial charge in [0.15, 0.2) is 0 Å². The van der Waals surface area contributed by atoms with Crippen molar-refractivity contribution in [3.63, 3.8) is 0 Å². The molecule has 0 aliphatic heterocycles. The van der Waals surface area contributed by atoms with Crippen LogP contribution >= 0.6 is 0 Å². The number of aryl methyl sites for hydroxylation is 1. The molecule has 0 saturated heterocycles. The zero-order valence-corrected chi connectivity index (χ0v) is 15.8. The second-order valence-corrected chi connectivity index (χ2v) is 6.63. The molecule has 0 aliphatic rings. The molecule has 2 heterocycles. The molecule has 0 saturated carbocycles. The number of nitrogens with one attached hydrogen (secondary N) is 2. The van der Waals surface area contributed by atoms with E-state index in [2.05, 4.69) is 39.5 Å².